The number of piperidine rings is 1. The molecular weight excluding hydrogens is 444 g/mol. The summed E-state index contributed by atoms with van der Waals surface area (Å²) in [5, 5.41) is 9.69. The summed E-state index contributed by atoms with van der Waals surface area (Å²) in [5.74, 6) is 0.315. The zero-order chi connectivity index (χ0) is 23.9. The molecule has 0 unspecified atom stereocenters. The molecule has 34 heavy (non-hydrogen) atoms. The van der Waals surface area contributed by atoms with Gasteiger partial charge >= 0.3 is 0 Å². The molecule has 2 aliphatic heterocycles. The van der Waals surface area contributed by atoms with Crippen LogP contribution in [0.25, 0.3) is 10.8 Å². The minimum atomic E-state index is -0.109. The van der Waals surface area contributed by atoms with Crippen LogP contribution >= 0.6 is 11.8 Å². The summed E-state index contributed by atoms with van der Waals surface area (Å²) < 4.78 is 2.07. The van der Waals surface area contributed by atoms with Gasteiger partial charge in [-0.05, 0) is 49.3 Å². The third-order valence-electron chi connectivity index (χ3n) is 7.40. The van der Waals surface area contributed by atoms with E-state index in [9.17, 15) is 9.59 Å². The molecule has 1 saturated carbocycles. The molecule has 1 aromatic heterocycles. The first kappa shape index (κ1) is 23.0. The SMILES string of the molecule is CC.CC1(C(=O)N2CCC(n3cc(Sc4ccc5c6c(cccc46)C(=O)N5)cn3)CC2)CCC1. The Morgan fingerprint density at radius 3 is 2.62 bits per heavy atom. The van der Waals surface area contributed by atoms with Gasteiger partial charge in [0.05, 0.1) is 17.1 Å². The number of carbonyl (C=O) groups is 2. The van der Waals surface area contributed by atoms with E-state index in [1.807, 2.05) is 38.2 Å². The van der Waals surface area contributed by atoms with E-state index in [0.29, 0.717) is 11.9 Å². The van der Waals surface area contributed by atoms with Crippen LogP contribution in [0.4, 0.5) is 5.69 Å². The van der Waals surface area contributed by atoms with E-state index in [4.69, 9.17) is 0 Å². The Bertz CT molecular complexity index is 1240. The molecule has 2 fully saturated rings. The van der Waals surface area contributed by atoms with E-state index in [0.717, 1.165) is 70.6 Å². The molecule has 1 N–H and O–H groups in total. The van der Waals surface area contributed by atoms with Crippen LogP contribution in [0, 0.1) is 5.41 Å². The van der Waals surface area contributed by atoms with Gasteiger partial charge in [0, 0.05) is 46.2 Å². The molecule has 0 radical (unpaired) electrons. The largest absolute Gasteiger partial charge is 0.342 e. The number of likely N-dealkylation sites (tertiary alicyclic amines) is 1. The summed E-state index contributed by atoms with van der Waals surface area (Å²) in [6.07, 6.45) is 9.18. The Kier molecular flexibility index (Phi) is 6.15. The summed E-state index contributed by atoms with van der Waals surface area (Å²) in [4.78, 5) is 29.3. The lowest BCUT2D eigenvalue weighted by atomic mass is 9.69. The topological polar surface area (TPSA) is 67.2 Å². The normalized spacial score (nSPS) is 18.8. The standard InChI is InChI=1S/C25H26N4O2S.C2H6/c1-25(10-3-11-25)24(31)28-12-8-16(9-13-28)29-15-17(14-26-29)32-21-7-6-20-22-18(21)4-2-5-19(22)23(30)27-20;1-2/h2,4-7,14-16H,3,8-13H2,1H3,(H,27,30);1-2H3. The second-order valence-electron chi connectivity index (χ2n) is 9.49. The van der Waals surface area contributed by atoms with E-state index in [-0.39, 0.29) is 11.3 Å². The molecule has 3 heterocycles. The van der Waals surface area contributed by atoms with Gasteiger partial charge in [0.1, 0.15) is 0 Å². The van der Waals surface area contributed by atoms with Gasteiger partial charge in [0.25, 0.3) is 5.91 Å². The van der Waals surface area contributed by atoms with Crippen LogP contribution in [-0.2, 0) is 4.79 Å². The fourth-order valence-electron chi connectivity index (χ4n) is 5.29. The minimum Gasteiger partial charge on any atom is -0.342 e. The Labute approximate surface area is 205 Å². The van der Waals surface area contributed by atoms with Crippen molar-refractivity contribution in [3.8, 4) is 0 Å². The van der Waals surface area contributed by atoms with Crippen molar-refractivity contribution in [3.05, 3.63) is 48.3 Å². The van der Waals surface area contributed by atoms with Crippen LogP contribution in [-0.4, -0.2) is 39.6 Å². The van der Waals surface area contributed by atoms with Gasteiger partial charge in [-0.1, -0.05) is 51.1 Å². The highest BCUT2D eigenvalue weighted by Crippen LogP contribution is 2.43. The number of benzene rings is 2. The van der Waals surface area contributed by atoms with Crippen molar-refractivity contribution in [3.63, 3.8) is 0 Å². The monoisotopic (exact) mass is 476 g/mol. The lowest BCUT2D eigenvalue weighted by Gasteiger charge is -2.43. The number of anilines is 1. The van der Waals surface area contributed by atoms with Crippen molar-refractivity contribution in [2.24, 2.45) is 5.41 Å². The Hall–Kier alpha value is -2.80. The molecule has 3 aliphatic rings. The van der Waals surface area contributed by atoms with Crippen LogP contribution in [0.1, 0.15) is 69.3 Å². The summed E-state index contributed by atoms with van der Waals surface area (Å²) in [6, 6.07) is 10.3. The fourth-order valence-corrected chi connectivity index (χ4v) is 6.22. The third kappa shape index (κ3) is 3.90. The molecule has 6 nitrogen and oxygen atoms in total. The van der Waals surface area contributed by atoms with E-state index < -0.39 is 0 Å². The number of nitrogens with zero attached hydrogens (tertiary/aromatic N) is 3. The molecule has 2 amide bonds. The quantitative estimate of drug-likeness (QED) is 0.492. The smallest absolute Gasteiger partial charge is 0.256 e. The third-order valence-corrected chi connectivity index (χ3v) is 8.42. The molecule has 3 aromatic rings. The summed E-state index contributed by atoms with van der Waals surface area (Å²) >= 11 is 1.68. The highest BCUT2D eigenvalue weighted by molar-refractivity contribution is 7.99. The molecule has 7 heteroatoms. The molecule has 2 aromatic carbocycles. The van der Waals surface area contributed by atoms with E-state index in [1.54, 1.807) is 11.8 Å². The van der Waals surface area contributed by atoms with Crippen molar-refractivity contribution in [2.75, 3.05) is 18.4 Å². The molecular formula is C27H32N4O2S. The van der Waals surface area contributed by atoms with Crippen molar-refractivity contribution >= 4 is 40.0 Å². The lowest BCUT2D eigenvalue weighted by Crippen LogP contribution is -2.49. The number of amides is 2. The maximum absolute atomic E-state index is 12.8. The number of nitrogens with one attached hydrogen (secondary N) is 1. The van der Waals surface area contributed by atoms with Gasteiger partial charge in [-0.25, -0.2) is 0 Å². The average Bonchev–Trinajstić information content (AvgIpc) is 3.45. The van der Waals surface area contributed by atoms with Crippen molar-refractivity contribution < 1.29 is 9.59 Å². The van der Waals surface area contributed by atoms with Crippen LogP contribution in [0.3, 0.4) is 0 Å². The number of rotatable bonds is 4. The van der Waals surface area contributed by atoms with Gasteiger partial charge in [0.15, 0.2) is 0 Å². The second-order valence-corrected chi connectivity index (χ2v) is 10.6. The van der Waals surface area contributed by atoms with E-state index >= 15 is 0 Å². The predicted molar refractivity (Wildman–Crippen MR) is 136 cm³/mol. The molecule has 0 spiro atoms. The van der Waals surface area contributed by atoms with Crippen molar-refractivity contribution in [1.29, 1.82) is 0 Å². The number of hydrogen-bond acceptors (Lipinski definition) is 4. The van der Waals surface area contributed by atoms with Gasteiger partial charge in [-0.15, -0.1) is 0 Å². The Morgan fingerprint density at radius 1 is 1.15 bits per heavy atom. The predicted octanol–water partition coefficient (Wildman–Crippen LogP) is 6.13. The highest BCUT2D eigenvalue weighted by atomic mass is 32.2. The van der Waals surface area contributed by atoms with Gasteiger partial charge in [-0.2, -0.15) is 5.10 Å². The van der Waals surface area contributed by atoms with Gasteiger partial charge in [0.2, 0.25) is 5.91 Å². The van der Waals surface area contributed by atoms with Gasteiger partial charge < -0.3 is 10.2 Å². The molecule has 0 bridgehead atoms. The first-order valence-electron chi connectivity index (χ1n) is 12.4. The highest BCUT2D eigenvalue weighted by Gasteiger charge is 2.42. The Morgan fingerprint density at radius 2 is 1.91 bits per heavy atom. The molecule has 178 valence electrons. The van der Waals surface area contributed by atoms with E-state index in [1.165, 1.54) is 6.42 Å². The van der Waals surface area contributed by atoms with Crippen molar-refractivity contribution in [1.82, 2.24) is 14.7 Å². The zero-order valence-electron chi connectivity index (χ0n) is 20.1. The Balaban J connectivity index is 0.00000117. The molecule has 0 atom stereocenters. The first-order chi connectivity index (χ1) is 16.5. The molecule has 1 aliphatic carbocycles. The minimum absolute atomic E-state index is 0.0308. The van der Waals surface area contributed by atoms with Crippen molar-refractivity contribution in [2.45, 2.75) is 68.7 Å². The number of carbonyl (C=O) groups excluding carboxylic acids is 2. The van der Waals surface area contributed by atoms with Crippen LogP contribution in [0.15, 0.2) is 52.5 Å². The lowest BCUT2D eigenvalue weighted by molar-refractivity contribution is -0.147. The second kappa shape index (κ2) is 9.10. The summed E-state index contributed by atoms with van der Waals surface area (Å²) in [5.41, 5.74) is 1.52. The molecule has 1 saturated heterocycles. The van der Waals surface area contributed by atoms with Gasteiger partial charge in [-0.3, -0.25) is 14.3 Å². The maximum Gasteiger partial charge on any atom is 0.256 e. The van der Waals surface area contributed by atoms with Crippen LogP contribution in [0.5, 0.6) is 0 Å². The van der Waals surface area contributed by atoms with E-state index in [2.05, 4.69) is 45.3 Å². The number of aromatic nitrogens is 2. The maximum atomic E-state index is 12.8. The molecule has 6 rings (SSSR count). The first-order valence-corrected chi connectivity index (χ1v) is 13.2. The average molecular weight is 477 g/mol. The van der Waals surface area contributed by atoms with Crippen LogP contribution in [0.2, 0.25) is 0 Å². The summed E-state index contributed by atoms with van der Waals surface area (Å²) in [7, 11) is 0. The zero-order valence-corrected chi connectivity index (χ0v) is 21.0. The van der Waals surface area contributed by atoms with Crippen LogP contribution < -0.4 is 5.32 Å². The summed E-state index contributed by atoms with van der Waals surface area (Å²) in [6.45, 7) is 7.75. The number of hydrogen-bond donors (Lipinski definition) is 1. The fraction of sp³-hybridized carbons (Fsp3) is 0.444.